The monoisotopic (exact) mass is 421 g/mol. The van der Waals surface area contributed by atoms with Crippen molar-refractivity contribution < 1.29 is 4.74 Å². The lowest BCUT2D eigenvalue weighted by atomic mass is 9.96. The van der Waals surface area contributed by atoms with E-state index in [9.17, 15) is 0 Å². The molecule has 1 aliphatic carbocycles. The number of aromatic nitrogens is 4. The van der Waals surface area contributed by atoms with Gasteiger partial charge >= 0.3 is 0 Å². The third-order valence-electron chi connectivity index (χ3n) is 6.40. The summed E-state index contributed by atoms with van der Waals surface area (Å²) in [6.07, 6.45) is 4.54. The molecule has 1 N–H and O–H groups in total. The number of fused-ring (bicyclic) bond motifs is 2. The molecule has 0 atom stereocenters. The molecule has 2 aliphatic rings. The number of ether oxygens (including phenoxy) is 1. The molecule has 3 aromatic rings. The zero-order valence-electron chi connectivity index (χ0n) is 18.5. The van der Waals surface area contributed by atoms with Crippen molar-refractivity contribution in [1.29, 1.82) is 0 Å². The smallest absolute Gasteiger partial charge is 0.254 e. The Morgan fingerprint density at radius 2 is 1.77 bits per heavy atom. The molecule has 0 bridgehead atoms. The molecule has 3 heterocycles. The van der Waals surface area contributed by atoms with Crippen molar-refractivity contribution in [3.8, 4) is 5.75 Å². The van der Waals surface area contributed by atoms with E-state index in [4.69, 9.17) is 9.72 Å². The maximum atomic E-state index is 5.27. The van der Waals surface area contributed by atoms with Crippen LogP contribution in [0.3, 0.4) is 0 Å². The van der Waals surface area contributed by atoms with Gasteiger partial charge in [-0.1, -0.05) is 0 Å². The zero-order valence-corrected chi connectivity index (χ0v) is 18.5. The molecule has 5 rings (SSSR count). The van der Waals surface area contributed by atoms with E-state index in [1.807, 2.05) is 23.6 Å². The highest BCUT2D eigenvalue weighted by Crippen LogP contribution is 2.27. The van der Waals surface area contributed by atoms with Gasteiger partial charge < -0.3 is 15.0 Å². The SMILES string of the molecule is COc1ccc(N2CCN(CCNc3c4c(nc5nc(C)nn35)CCCC4)CC2)cc1. The number of hydrogen-bond donors (Lipinski definition) is 1. The average molecular weight is 422 g/mol. The minimum atomic E-state index is 0.716. The fourth-order valence-electron chi connectivity index (χ4n) is 4.68. The van der Waals surface area contributed by atoms with E-state index in [0.29, 0.717) is 5.78 Å². The van der Waals surface area contributed by atoms with E-state index in [-0.39, 0.29) is 0 Å². The predicted octanol–water partition coefficient (Wildman–Crippen LogP) is 2.55. The number of nitrogens with zero attached hydrogens (tertiary/aromatic N) is 6. The minimum Gasteiger partial charge on any atom is -0.497 e. The van der Waals surface area contributed by atoms with Crippen LogP contribution < -0.4 is 15.0 Å². The standard InChI is InChI=1S/C23H31N7O/c1-17-25-23-26-21-6-4-3-5-20(21)22(30(23)27-17)24-11-12-28-13-15-29(16-14-28)18-7-9-19(31-2)10-8-18/h7-10,24H,3-6,11-16H2,1-2H3. The van der Waals surface area contributed by atoms with Crippen molar-refractivity contribution >= 4 is 17.3 Å². The number of aryl methyl sites for hydroxylation is 2. The largest absolute Gasteiger partial charge is 0.497 e. The number of nitrogens with one attached hydrogen (secondary N) is 1. The number of methoxy groups -OCH3 is 1. The molecule has 1 saturated heterocycles. The molecule has 1 aliphatic heterocycles. The van der Waals surface area contributed by atoms with Gasteiger partial charge in [-0.15, -0.1) is 5.10 Å². The van der Waals surface area contributed by atoms with Crippen LogP contribution in [0.15, 0.2) is 24.3 Å². The van der Waals surface area contributed by atoms with Crippen LogP contribution in [0.2, 0.25) is 0 Å². The zero-order chi connectivity index (χ0) is 21.2. The van der Waals surface area contributed by atoms with Gasteiger partial charge in [-0.05, 0) is 56.9 Å². The summed E-state index contributed by atoms with van der Waals surface area (Å²) in [5.41, 5.74) is 3.79. The molecule has 0 unspecified atom stereocenters. The predicted molar refractivity (Wildman–Crippen MR) is 122 cm³/mol. The van der Waals surface area contributed by atoms with Gasteiger partial charge in [-0.25, -0.2) is 4.98 Å². The molecule has 8 nitrogen and oxygen atoms in total. The first kappa shape index (κ1) is 20.1. The normalized spacial score (nSPS) is 17.0. The maximum Gasteiger partial charge on any atom is 0.254 e. The highest BCUT2D eigenvalue weighted by atomic mass is 16.5. The van der Waals surface area contributed by atoms with E-state index >= 15 is 0 Å². The second-order valence-corrected chi connectivity index (χ2v) is 8.42. The van der Waals surface area contributed by atoms with Crippen molar-refractivity contribution in [2.75, 3.05) is 56.6 Å². The van der Waals surface area contributed by atoms with Gasteiger partial charge in [0.1, 0.15) is 17.4 Å². The third kappa shape index (κ3) is 4.17. The summed E-state index contributed by atoms with van der Waals surface area (Å²) in [5, 5.41) is 8.28. The molecule has 0 saturated carbocycles. The van der Waals surface area contributed by atoms with E-state index < -0.39 is 0 Å². The van der Waals surface area contributed by atoms with Crippen LogP contribution in [-0.4, -0.2) is 70.9 Å². The Labute approximate surface area is 183 Å². The van der Waals surface area contributed by atoms with E-state index in [0.717, 1.165) is 69.5 Å². The molecule has 0 spiro atoms. The fourth-order valence-corrected chi connectivity index (χ4v) is 4.68. The topological polar surface area (TPSA) is 70.8 Å². The van der Waals surface area contributed by atoms with Crippen molar-refractivity contribution in [2.45, 2.75) is 32.6 Å². The molecular weight excluding hydrogens is 390 g/mol. The molecule has 2 aromatic heterocycles. The molecule has 0 amide bonds. The van der Waals surface area contributed by atoms with Gasteiger partial charge in [0.25, 0.3) is 5.78 Å². The fraction of sp³-hybridized carbons (Fsp3) is 0.522. The van der Waals surface area contributed by atoms with Gasteiger partial charge in [0, 0.05) is 50.5 Å². The van der Waals surface area contributed by atoms with Crippen molar-refractivity contribution in [1.82, 2.24) is 24.5 Å². The quantitative estimate of drug-likeness (QED) is 0.656. The van der Waals surface area contributed by atoms with Gasteiger partial charge in [0.15, 0.2) is 0 Å². The summed E-state index contributed by atoms with van der Waals surface area (Å²) in [6.45, 7) is 8.07. The van der Waals surface area contributed by atoms with Crippen molar-refractivity contribution in [3.05, 3.63) is 41.3 Å². The van der Waals surface area contributed by atoms with E-state index in [1.165, 1.54) is 29.8 Å². The van der Waals surface area contributed by atoms with Gasteiger partial charge in [0.2, 0.25) is 0 Å². The summed E-state index contributed by atoms with van der Waals surface area (Å²) >= 11 is 0. The first-order valence-electron chi connectivity index (χ1n) is 11.3. The van der Waals surface area contributed by atoms with Crippen molar-refractivity contribution in [3.63, 3.8) is 0 Å². The summed E-state index contributed by atoms with van der Waals surface area (Å²) in [7, 11) is 1.71. The van der Waals surface area contributed by atoms with Gasteiger partial charge in [-0.2, -0.15) is 9.50 Å². The Morgan fingerprint density at radius 1 is 1.00 bits per heavy atom. The number of rotatable bonds is 6. The molecule has 164 valence electrons. The Kier molecular flexibility index (Phi) is 5.63. The summed E-state index contributed by atoms with van der Waals surface area (Å²) in [6, 6.07) is 8.36. The lowest BCUT2D eigenvalue weighted by molar-refractivity contribution is 0.267. The Bertz CT molecular complexity index is 1040. The second-order valence-electron chi connectivity index (χ2n) is 8.42. The average Bonchev–Trinajstić information content (AvgIpc) is 3.19. The number of hydrogen-bond acceptors (Lipinski definition) is 7. The highest BCUT2D eigenvalue weighted by molar-refractivity contribution is 5.54. The molecule has 1 aromatic carbocycles. The Morgan fingerprint density at radius 3 is 2.55 bits per heavy atom. The van der Waals surface area contributed by atoms with Crippen LogP contribution >= 0.6 is 0 Å². The molecule has 0 radical (unpaired) electrons. The number of anilines is 2. The van der Waals surface area contributed by atoms with Crippen LogP contribution in [0.25, 0.3) is 5.78 Å². The maximum absolute atomic E-state index is 5.27. The highest BCUT2D eigenvalue weighted by Gasteiger charge is 2.21. The lowest BCUT2D eigenvalue weighted by Crippen LogP contribution is -2.47. The molecular formula is C23H31N7O. The summed E-state index contributed by atoms with van der Waals surface area (Å²) < 4.78 is 7.17. The number of piperazine rings is 1. The Hall–Kier alpha value is -2.87. The van der Waals surface area contributed by atoms with Gasteiger partial charge in [-0.3, -0.25) is 4.90 Å². The van der Waals surface area contributed by atoms with Crippen LogP contribution in [0.1, 0.15) is 29.9 Å². The Balaban J connectivity index is 1.20. The van der Waals surface area contributed by atoms with Crippen LogP contribution in [0.5, 0.6) is 5.75 Å². The van der Waals surface area contributed by atoms with Crippen molar-refractivity contribution in [2.24, 2.45) is 0 Å². The number of benzene rings is 1. The van der Waals surface area contributed by atoms with Crippen LogP contribution in [-0.2, 0) is 12.8 Å². The van der Waals surface area contributed by atoms with Crippen LogP contribution in [0, 0.1) is 6.92 Å². The molecule has 1 fully saturated rings. The second kappa shape index (κ2) is 8.70. The van der Waals surface area contributed by atoms with E-state index in [1.54, 1.807) is 7.11 Å². The first-order chi connectivity index (χ1) is 15.2. The molecule has 8 heteroatoms. The van der Waals surface area contributed by atoms with Gasteiger partial charge in [0.05, 0.1) is 12.8 Å². The molecule has 31 heavy (non-hydrogen) atoms. The first-order valence-corrected chi connectivity index (χ1v) is 11.3. The van der Waals surface area contributed by atoms with Crippen LogP contribution in [0.4, 0.5) is 11.5 Å². The minimum absolute atomic E-state index is 0.716. The lowest BCUT2D eigenvalue weighted by Gasteiger charge is -2.36. The van der Waals surface area contributed by atoms with E-state index in [2.05, 4.69) is 37.3 Å². The summed E-state index contributed by atoms with van der Waals surface area (Å²) in [4.78, 5) is 14.3. The summed E-state index contributed by atoms with van der Waals surface area (Å²) in [5.74, 6) is 3.49. The third-order valence-corrected chi connectivity index (χ3v) is 6.40.